The van der Waals surface area contributed by atoms with Gasteiger partial charge in [0.15, 0.2) is 23.2 Å². The lowest BCUT2D eigenvalue weighted by Crippen LogP contribution is -2.10. The number of benzene rings is 2. The SMILES string of the molecule is COc1cc(-c2nc3cc(F)c(F)cc3c(=O)[nH]2)ccc1F. The Morgan fingerprint density at radius 1 is 1.05 bits per heavy atom. The maximum atomic E-state index is 13.4. The fourth-order valence-electron chi connectivity index (χ4n) is 2.08. The van der Waals surface area contributed by atoms with Gasteiger partial charge in [-0.15, -0.1) is 0 Å². The number of H-pyrrole nitrogens is 1. The zero-order valence-electron chi connectivity index (χ0n) is 11.3. The predicted molar refractivity (Wildman–Crippen MR) is 74.2 cm³/mol. The number of hydrogen-bond acceptors (Lipinski definition) is 3. The van der Waals surface area contributed by atoms with Crippen molar-refractivity contribution in [3.63, 3.8) is 0 Å². The van der Waals surface area contributed by atoms with Crippen LogP contribution in [0.15, 0.2) is 35.1 Å². The number of aromatic amines is 1. The smallest absolute Gasteiger partial charge is 0.259 e. The number of nitrogens with one attached hydrogen (secondary N) is 1. The molecule has 0 saturated heterocycles. The first-order valence-electron chi connectivity index (χ1n) is 6.22. The van der Waals surface area contributed by atoms with Gasteiger partial charge >= 0.3 is 0 Å². The number of nitrogens with zero attached hydrogens (tertiary/aromatic N) is 1. The first kappa shape index (κ1) is 14.1. The number of fused-ring (bicyclic) bond motifs is 1. The average molecular weight is 306 g/mol. The maximum Gasteiger partial charge on any atom is 0.259 e. The van der Waals surface area contributed by atoms with Gasteiger partial charge in [0, 0.05) is 11.6 Å². The summed E-state index contributed by atoms with van der Waals surface area (Å²) in [5, 5.41) is -0.0725. The molecule has 0 aliphatic heterocycles. The Morgan fingerprint density at radius 2 is 1.77 bits per heavy atom. The van der Waals surface area contributed by atoms with Crippen molar-refractivity contribution >= 4 is 10.9 Å². The largest absolute Gasteiger partial charge is 0.494 e. The highest BCUT2D eigenvalue weighted by atomic mass is 19.2. The molecule has 22 heavy (non-hydrogen) atoms. The lowest BCUT2D eigenvalue weighted by atomic mass is 10.1. The molecule has 0 amide bonds. The minimum atomic E-state index is -1.13. The topological polar surface area (TPSA) is 55.0 Å². The Bertz CT molecular complexity index is 938. The van der Waals surface area contributed by atoms with E-state index < -0.39 is 23.0 Å². The first-order valence-corrected chi connectivity index (χ1v) is 6.22. The van der Waals surface area contributed by atoms with Crippen molar-refractivity contribution in [1.29, 1.82) is 0 Å². The Balaban J connectivity index is 2.24. The summed E-state index contributed by atoms with van der Waals surface area (Å²) in [4.78, 5) is 18.5. The van der Waals surface area contributed by atoms with Crippen molar-refractivity contribution in [2.75, 3.05) is 7.11 Å². The Labute approximate surface area is 122 Å². The molecule has 0 bridgehead atoms. The molecule has 4 nitrogen and oxygen atoms in total. The van der Waals surface area contributed by atoms with Crippen LogP contribution < -0.4 is 10.3 Å². The molecule has 0 radical (unpaired) electrons. The molecule has 0 spiro atoms. The van der Waals surface area contributed by atoms with Crippen molar-refractivity contribution in [2.24, 2.45) is 0 Å². The number of rotatable bonds is 2. The number of aromatic nitrogens is 2. The van der Waals surface area contributed by atoms with Gasteiger partial charge in [0.25, 0.3) is 5.56 Å². The van der Waals surface area contributed by atoms with Crippen molar-refractivity contribution in [2.45, 2.75) is 0 Å². The zero-order valence-corrected chi connectivity index (χ0v) is 11.3. The second-order valence-corrected chi connectivity index (χ2v) is 4.55. The van der Waals surface area contributed by atoms with E-state index in [1.54, 1.807) is 0 Å². The van der Waals surface area contributed by atoms with Gasteiger partial charge in [-0.25, -0.2) is 18.2 Å². The Kier molecular flexibility index (Phi) is 3.32. The van der Waals surface area contributed by atoms with Gasteiger partial charge in [0.05, 0.1) is 18.0 Å². The summed E-state index contributed by atoms with van der Waals surface area (Å²) in [5.41, 5.74) is -0.245. The second kappa shape index (κ2) is 5.18. The van der Waals surface area contributed by atoms with Crippen LogP contribution in [0.3, 0.4) is 0 Å². The highest BCUT2D eigenvalue weighted by molar-refractivity contribution is 5.79. The third-order valence-electron chi connectivity index (χ3n) is 3.17. The fourth-order valence-corrected chi connectivity index (χ4v) is 2.08. The number of ether oxygens (including phenoxy) is 1. The molecule has 0 saturated carbocycles. The standard InChI is InChI=1S/C15H9F3N2O2/c1-22-13-4-7(2-3-9(13)16)14-19-12-6-11(18)10(17)5-8(12)15(21)20-14/h2-6H,1H3,(H,19,20,21). The molecule has 0 unspecified atom stereocenters. The highest BCUT2D eigenvalue weighted by Crippen LogP contribution is 2.24. The van der Waals surface area contributed by atoms with Crippen LogP contribution in [-0.4, -0.2) is 17.1 Å². The molecule has 0 aliphatic rings. The van der Waals surface area contributed by atoms with E-state index in [1.165, 1.54) is 19.2 Å². The van der Waals surface area contributed by atoms with Crippen molar-refractivity contribution < 1.29 is 17.9 Å². The van der Waals surface area contributed by atoms with Gasteiger partial charge in [-0.2, -0.15) is 0 Å². The van der Waals surface area contributed by atoms with E-state index >= 15 is 0 Å². The molecule has 1 heterocycles. The summed E-state index contributed by atoms with van der Waals surface area (Å²) in [5.74, 6) is -2.72. The van der Waals surface area contributed by atoms with Gasteiger partial charge in [0.2, 0.25) is 0 Å². The molecular weight excluding hydrogens is 297 g/mol. The van der Waals surface area contributed by atoms with E-state index in [9.17, 15) is 18.0 Å². The van der Waals surface area contributed by atoms with E-state index in [0.29, 0.717) is 5.56 Å². The summed E-state index contributed by atoms with van der Waals surface area (Å²) in [6.45, 7) is 0. The van der Waals surface area contributed by atoms with Gasteiger partial charge < -0.3 is 9.72 Å². The summed E-state index contributed by atoms with van der Waals surface area (Å²) in [6.07, 6.45) is 0. The minimum absolute atomic E-state index is 0.000872. The third-order valence-corrected chi connectivity index (χ3v) is 3.17. The zero-order chi connectivity index (χ0) is 15.9. The van der Waals surface area contributed by atoms with Crippen LogP contribution in [0.2, 0.25) is 0 Å². The average Bonchev–Trinajstić information content (AvgIpc) is 2.49. The van der Waals surface area contributed by atoms with Crippen LogP contribution in [0.4, 0.5) is 13.2 Å². The number of methoxy groups -OCH3 is 1. The summed E-state index contributed by atoms with van der Waals surface area (Å²) in [6, 6.07) is 5.51. The van der Waals surface area contributed by atoms with E-state index in [0.717, 1.165) is 18.2 Å². The second-order valence-electron chi connectivity index (χ2n) is 4.55. The van der Waals surface area contributed by atoms with Crippen molar-refractivity contribution in [3.05, 3.63) is 58.1 Å². The van der Waals surface area contributed by atoms with Gasteiger partial charge in [-0.3, -0.25) is 4.79 Å². The van der Waals surface area contributed by atoms with E-state index in [2.05, 4.69) is 9.97 Å². The monoisotopic (exact) mass is 306 g/mol. The minimum Gasteiger partial charge on any atom is -0.494 e. The van der Waals surface area contributed by atoms with Crippen LogP contribution in [0.5, 0.6) is 5.75 Å². The third kappa shape index (κ3) is 2.30. The molecule has 112 valence electrons. The van der Waals surface area contributed by atoms with Crippen LogP contribution >= 0.6 is 0 Å². The predicted octanol–water partition coefficient (Wildman–Crippen LogP) is 3.02. The summed E-state index contributed by atoms with van der Waals surface area (Å²) < 4.78 is 44.7. The molecule has 1 aromatic heterocycles. The summed E-state index contributed by atoms with van der Waals surface area (Å²) in [7, 11) is 1.30. The van der Waals surface area contributed by atoms with Gasteiger partial charge in [-0.05, 0) is 24.3 Å². The van der Waals surface area contributed by atoms with Crippen LogP contribution in [0.1, 0.15) is 0 Å². The van der Waals surface area contributed by atoms with Crippen LogP contribution in [0.25, 0.3) is 22.3 Å². The van der Waals surface area contributed by atoms with E-state index in [-0.39, 0.29) is 22.5 Å². The molecule has 3 rings (SSSR count). The lowest BCUT2D eigenvalue weighted by Gasteiger charge is -2.06. The fraction of sp³-hybridized carbons (Fsp3) is 0.0667. The van der Waals surface area contributed by atoms with Crippen molar-refractivity contribution in [1.82, 2.24) is 9.97 Å². The molecule has 0 fully saturated rings. The molecular formula is C15H9F3N2O2. The number of halogens is 3. The van der Waals surface area contributed by atoms with E-state index in [1.807, 2.05) is 0 Å². The lowest BCUT2D eigenvalue weighted by molar-refractivity contribution is 0.387. The molecule has 7 heteroatoms. The molecule has 0 aliphatic carbocycles. The summed E-state index contributed by atoms with van der Waals surface area (Å²) >= 11 is 0. The quantitative estimate of drug-likeness (QED) is 0.792. The Hall–Kier alpha value is -2.83. The molecule has 1 N–H and O–H groups in total. The first-order chi connectivity index (χ1) is 10.5. The molecule has 0 atom stereocenters. The normalized spacial score (nSPS) is 10.9. The van der Waals surface area contributed by atoms with Crippen LogP contribution in [0, 0.1) is 17.5 Å². The Morgan fingerprint density at radius 3 is 2.50 bits per heavy atom. The van der Waals surface area contributed by atoms with Gasteiger partial charge in [-0.1, -0.05) is 0 Å². The highest BCUT2D eigenvalue weighted by Gasteiger charge is 2.12. The number of hydrogen-bond donors (Lipinski definition) is 1. The van der Waals surface area contributed by atoms with Gasteiger partial charge in [0.1, 0.15) is 5.82 Å². The maximum absolute atomic E-state index is 13.4. The van der Waals surface area contributed by atoms with E-state index in [4.69, 9.17) is 4.74 Å². The molecule has 2 aromatic carbocycles. The molecule has 3 aromatic rings. The van der Waals surface area contributed by atoms with Crippen LogP contribution in [-0.2, 0) is 0 Å². The van der Waals surface area contributed by atoms with Crippen molar-refractivity contribution in [3.8, 4) is 17.1 Å².